The summed E-state index contributed by atoms with van der Waals surface area (Å²) in [5.41, 5.74) is 6.45. The van der Waals surface area contributed by atoms with Gasteiger partial charge in [0, 0.05) is 27.5 Å². The Kier molecular flexibility index (Phi) is 6.04. The standard InChI is InChI=1S/C51H31N3O/c1-3-12-32(13-4-1)34-16-11-17-37(28-34)50-52-49(33-14-5-2-6-15-33)53-51(54-50)38-24-27-48-46(31-38)45-30-36(23-26-47(45)55-48)35-22-25-43-41-20-8-7-18-39(41)40-19-9-10-21-42(40)44(43)29-35/h1-31H/i1D,3D,4D,12D,13D. The van der Waals surface area contributed by atoms with Gasteiger partial charge >= 0.3 is 0 Å². The van der Waals surface area contributed by atoms with Crippen molar-refractivity contribution in [1.29, 1.82) is 0 Å². The number of nitrogens with zero attached hydrogens (tertiary/aromatic N) is 3. The minimum atomic E-state index is -0.436. The topological polar surface area (TPSA) is 51.8 Å². The number of hydrogen-bond donors (Lipinski definition) is 0. The SMILES string of the molecule is [2H]c1c([2H])c([2H])c(-c2cccc(-c3nc(-c4ccccc4)nc(-c4ccc5oc6ccc(-c7ccc8c9ccccc9c9ccccc9c8c7)cc6c5c4)n3)c2)c([2H])c1[2H]. The number of fused-ring (bicyclic) bond motifs is 9. The Bertz CT molecular complexity index is 3500. The van der Waals surface area contributed by atoms with E-state index in [1.165, 1.54) is 32.3 Å². The van der Waals surface area contributed by atoms with Crippen LogP contribution in [0.4, 0.5) is 0 Å². The van der Waals surface area contributed by atoms with Crippen LogP contribution in [0.3, 0.4) is 0 Å². The van der Waals surface area contributed by atoms with Crippen LogP contribution in [0.2, 0.25) is 0 Å². The molecule has 0 bridgehead atoms. The highest BCUT2D eigenvalue weighted by Crippen LogP contribution is 2.39. The summed E-state index contributed by atoms with van der Waals surface area (Å²) in [7, 11) is 0. The van der Waals surface area contributed by atoms with E-state index in [2.05, 4.69) is 84.9 Å². The Labute approximate surface area is 324 Å². The lowest BCUT2D eigenvalue weighted by atomic mass is 9.92. The van der Waals surface area contributed by atoms with Crippen LogP contribution in [-0.4, -0.2) is 15.0 Å². The largest absolute Gasteiger partial charge is 0.456 e. The minimum Gasteiger partial charge on any atom is -0.456 e. The summed E-state index contributed by atoms with van der Waals surface area (Å²) in [6, 6.07) is 51.2. The molecule has 4 nitrogen and oxygen atoms in total. The molecule has 2 heterocycles. The highest BCUT2D eigenvalue weighted by atomic mass is 16.3. The maximum absolute atomic E-state index is 8.58. The summed E-state index contributed by atoms with van der Waals surface area (Å²) >= 11 is 0. The third kappa shape index (κ3) is 5.34. The van der Waals surface area contributed by atoms with Gasteiger partial charge in [0.1, 0.15) is 11.2 Å². The first-order valence-electron chi connectivity index (χ1n) is 20.6. The van der Waals surface area contributed by atoms with Crippen LogP contribution >= 0.6 is 0 Å². The minimum absolute atomic E-state index is 0.114. The molecule has 2 aromatic heterocycles. The van der Waals surface area contributed by atoms with Crippen LogP contribution in [0.5, 0.6) is 0 Å². The molecule has 0 spiro atoms. The number of aromatic nitrogens is 3. The van der Waals surface area contributed by atoms with Crippen molar-refractivity contribution in [1.82, 2.24) is 15.0 Å². The predicted octanol–water partition coefficient (Wildman–Crippen LogP) is 13.6. The molecule has 0 N–H and O–H groups in total. The Hall–Kier alpha value is -7.43. The van der Waals surface area contributed by atoms with Crippen LogP contribution in [0.1, 0.15) is 6.85 Å². The van der Waals surface area contributed by atoms with E-state index in [0.29, 0.717) is 28.6 Å². The summed E-state index contributed by atoms with van der Waals surface area (Å²) in [4.78, 5) is 14.9. The fourth-order valence-electron chi connectivity index (χ4n) is 7.74. The average molecular weight is 707 g/mol. The van der Waals surface area contributed by atoms with Crippen molar-refractivity contribution in [2.24, 2.45) is 0 Å². The third-order valence-electron chi connectivity index (χ3n) is 10.4. The van der Waals surface area contributed by atoms with E-state index in [0.717, 1.165) is 44.2 Å². The van der Waals surface area contributed by atoms with Gasteiger partial charge in [0.25, 0.3) is 0 Å². The van der Waals surface area contributed by atoms with E-state index in [-0.39, 0.29) is 29.7 Å². The predicted molar refractivity (Wildman–Crippen MR) is 227 cm³/mol. The van der Waals surface area contributed by atoms with Crippen molar-refractivity contribution < 1.29 is 11.3 Å². The second kappa shape index (κ2) is 12.6. The van der Waals surface area contributed by atoms with Crippen molar-refractivity contribution in [3.8, 4) is 56.4 Å². The molecule has 4 heteroatoms. The molecule has 0 aliphatic carbocycles. The molecule has 0 saturated heterocycles. The van der Waals surface area contributed by atoms with E-state index in [9.17, 15) is 0 Å². The maximum Gasteiger partial charge on any atom is 0.164 e. The normalized spacial score (nSPS) is 12.9. The fourth-order valence-corrected chi connectivity index (χ4v) is 7.74. The Morgan fingerprint density at radius 2 is 0.745 bits per heavy atom. The molecule has 0 unspecified atom stereocenters. The molecular formula is C51H31N3O. The zero-order chi connectivity index (χ0) is 40.6. The number of hydrogen-bond acceptors (Lipinski definition) is 4. The molecule has 0 fully saturated rings. The summed E-state index contributed by atoms with van der Waals surface area (Å²) in [5, 5.41) is 9.27. The summed E-state index contributed by atoms with van der Waals surface area (Å²) < 4.78 is 48.1. The van der Waals surface area contributed by atoms with Crippen molar-refractivity contribution in [3.63, 3.8) is 0 Å². The Morgan fingerprint density at radius 3 is 1.40 bits per heavy atom. The summed E-state index contributed by atoms with van der Waals surface area (Å²) in [5.74, 6) is 1.30. The highest BCUT2D eigenvalue weighted by Gasteiger charge is 2.16. The zero-order valence-corrected chi connectivity index (χ0v) is 29.3. The molecule has 11 rings (SSSR count). The van der Waals surface area contributed by atoms with Gasteiger partial charge in [0.15, 0.2) is 17.5 Å². The molecule has 0 radical (unpaired) electrons. The van der Waals surface area contributed by atoms with Gasteiger partial charge in [0.2, 0.25) is 0 Å². The van der Waals surface area contributed by atoms with Gasteiger partial charge in [-0.2, -0.15) is 0 Å². The van der Waals surface area contributed by atoms with E-state index in [1.807, 2.05) is 54.6 Å². The van der Waals surface area contributed by atoms with Gasteiger partial charge in [-0.3, -0.25) is 0 Å². The Morgan fingerprint density at radius 1 is 0.309 bits per heavy atom. The lowest BCUT2D eigenvalue weighted by Crippen LogP contribution is -2.00. The maximum atomic E-state index is 8.58. The lowest BCUT2D eigenvalue weighted by Gasteiger charge is -2.12. The molecule has 55 heavy (non-hydrogen) atoms. The van der Waals surface area contributed by atoms with Crippen molar-refractivity contribution in [2.75, 3.05) is 0 Å². The van der Waals surface area contributed by atoms with E-state index in [1.54, 1.807) is 18.2 Å². The molecule has 256 valence electrons. The first kappa shape index (κ1) is 26.4. The summed E-state index contributed by atoms with van der Waals surface area (Å²) in [6.45, 7) is 0. The van der Waals surface area contributed by atoms with Gasteiger partial charge in [-0.15, -0.1) is 0 Å². The van der Waals surface area contributed by atoms with Gasteiger partial charge in [-0.05, 0) is 97.0 Å². The molecule has 0 amide bonds. The number of furan rings is 1. The monoisotopic (exact) mass is 706 g/mol. The average Bonchev–Trinajstić information content (AvgIpc) is 3.68. The fraction of sp³-hybridized carbons (Fsp3) is 0. The van der Waals surface area contributed by atoms with Crippen LogP contribution in [-0.2, 0) is 0 Å². The second-order valence-electron chi connectivity index (χ2n) is 13.6. The van der Waals surface area contributed by atoms with Gasteiger partial charge in [-0.25, -0.2) is 15.0 Å². The summed E-state index contributed by atoms with van der Waals surface area (Å²) in [6.07, 6.45) is 0. The zero-order valence-electron chi connectivity index (χ0n) is 34.3. The highest BCUT2D eigenvalue weighted by molar-refractivity contribution is 6.25. The van der Waals surface area contributed by atoms with Crippen LogP contribution in [0, 0.1) is 0 Å². The van der Waals surface area contributed by atoms with E-state index < -0.39 is 6.04 Å². The number of benzene rings is 9. The molecule has 0 atom stereocenters. The van der Waals surface area contributed by atoms with Gasteiger partial charge in [0.05, 0.1) is 6.85 Å². The Balaban J connectivity index is 1.05. The first-order chi connectivity index (χ1) is 29.3. The molecule has 0 aliphatic rings. The molecular weight excluding hydrogens is 671 g/mol. The van der Waals surface area contributed by atoms with Gasteiger partial charge < -0.3 is 4.42 Å². The number of rotatable bonds is 5. The van der Waals surface area contributed by atoms with Crippen LogP contribution in [0.15, 0.2) is 192 Å². The molecule has 11 aromatic rings. The van der Waals surface area contributed by atoms with Crippen molar-refractivity contribution >= 4 is 54.3 Å². The van der Waals surface area contributed by atoms with Crippen LogP contribution < -0.4 is 0 Å². The second-order valence-corrected chi connectivity index (χ2v) is 13.6. The molecule has 9 aromatic carbocycles. The van der Waals surface area contributed by atoms with Crippen LogP contribution in [0.25, 0.3) is 111 Å². The van der Waals surface area contributed by atoms with E-state index >= 15 is 0 Å². The quantitative estimate of drug-likeness (QED) is 0.167. The molecule has 0 saturated carbocycles. The van der Waals surface area contributed by atoms with Gasteiger partial charge in [-0.1, -0.05) is 145 Å². The van der Waals surface area contributed by atoms with Crippen molar-refractivity contribution in [3.05, 3.63) is 188 Å². The lowest BCUT2D eigenvalue weighted by molar-refractivity contribution is 0.669. The van der Waals surface area contributed by atoms with E-state index in [4.69, 9.17) is 26.2 Å². The molecule has 0 aliphatic heterocycles. The first-order valence-corrected chi connectivity index (χ1v) is 18.1. The third-order valence-corrected chi connectivity index (χ3v) is 10.4. The van der Waals surface area contributed by atoms with Crippen molar-refractivity contribution in [2.45, 2.75) is 0 Å². The smallest absolute Gasteiger partial charge is 0.164 e.